The van der Waals surface area contributed by atoms with Gasteiger partial charge in [0.15, 0.2) is 0 Å². The average molecular weight is 397 g/mol. The smallest absolute Gasteiger partial charge is 0.253 e. The molecule has 5 rings (SSSR count). The molecule has 2 N–H and O–H groups in total. The number of imidazole rings is 1. The van der Waals surface area contributed by atoms with Crippen LogP contribution >= 0.6 is 12.4 Å². The number of carbonyl (C=O) groups is 1. The Morgan fingerprint density at radius 3 is 2.64 bits per heavy atom. The second kappa shape index (κ2) is 7.22. The maximum absolute atomic E-state index is 13.0. The van der Waals surface area contributed by atoms with Crippen molar-refractivity contribution in [2.75, 3.05) is 13.1 Å². The highest BCUT2D eigenvalue weighted by molar-refractivity contribution is 5.98. The highest BCUT2D eigenvalue weighted by Gasteiger charge is 2.42. The van der Waals surface area contributed by atoms with Gasteiger partial charge in [0.05, 0.1) is 11.0 Å². The maximum Gasteiger partial charge on any atom is 0.253 e. The van der Waals surface area contributed by atoms with Gasteiger partial charge in [0.2, 0.25) is 0 Å². The molecule has 6 heteroatoms. The second-order valence-electron chi connectivity index (χ2n) is 7.91. The Kier molecular flexibility index (Phi) is 4.89. The molecular weight excluding hydrogens is 372 g/mol. The van der Waals surface area contributed by atoms with Crippen LogP contribution in [0.4, 0.5) is 0 Å². The molecule has 5 nitrogen and oxygen atoms in total. The quantitative estimate of drug-likeness (QED) is 0.720. The summed E-state index contributed by atoms with van der Waals surface area (Å²) in [6.45, 7) is 3.63. The van der Waals surface area contributed by atoms with Gasteiger partial charge in [-0.15, -0.1) is 12.4 Å². The van der Waals surface area contributed by atoms with Gasteiger partial charge >= 0.3 is 0 Å². The van der Waals surface area contributed by atoms with Crippen molar-refractivity contribution in [3.05, 3.63) is 59.9 Å². The first-order valence-electron chi connectivity index (χ1n) is 9.71. The van der Waals surface area contributed by atoms with Crippen molar-refractivity contribution in [3.63, 3.8) is 0 Å². The Bertz CT molecular complexity index is 1020. The summed E-state index contributed by atoms with van der Waals surface area (Å²) in [6.07, 6.45) is 2.24. The lowest BCUT2D eigenvalue weighted by Crippen LogP contribution is -2.33. The summed E-state index contributed by atoms with van der Waals surface area (Å²) in [7, 11) is 0. The minimum atomic E-state index is 0. The zero-order valence-corrected chi connectivity index (χ0v) is 16.7. The molecule has 146 valence electrons. The number of hydrogen-bond donors (Lipinski definition) is 1. The number of amides is 1. The number of aromatic nitrogens is 2. The molecule has 3 unspecified atom stereocenters. The van der Waals surface area contributed by atoms with Crippen molar-refractivity contribution < 1.29 is 4.79 Å². The van der Waals surface area contributed by atoms with Gasteiger partial charge in [-0.25, -0.2) is 4.98 Å². The third-order valence-electron chi connectivity index (χ3n) is 6.28. The van der Waals surface area contributed by atoms with E-state index >= 15 is 0 Å². The molecule has 0 radical (unpaired) electrons. The predicted molar refractivity (Wildman–Crippen MR) is 113 cm³/mol. The number of nitrogens with zero attached hydrogens (tertiary/aromatic N) is 3. The Hall–Kier alpha value is -2.37. The number of likely N-dealkylation sites (tertiary alicyclic amines) is 1. The van der Waals surface area contributed by atoms with E-state index in [0.717, 1.165) is 48.5 Å². The van der Waals surface area contributed by atoms with Crippen molar-refractivity contribution in [1.82, 2.24) is 14.5 Å². The van der Waals surface area contributed by atoms with Crippen molar-refractivity contribution in [2.45, 2.75) is 25.8 Å². The maximum atomic E-state index is 13.0. The molecule has 2 aliphatic rings. The fraction of sp³-hybridized carbons (Fsp3) is 0.364. The zero-order chi connectivity index (χ0) is 18.5. The fourth-order valence-corrected chi connectivity index (χ4v) is 4.89. The van der Waals surface area contributed by atoms with E-state index in [4.69, 9.17) is 10.7 Å². The van der Waals surface area contributed by atoms with Crippen LogP contribution in [0.1, 0.15) is 29.0 Å². The summed E-state index contributed by atoms with van der Waals surface area (Å²) in [5, 5.41) is 0. The summed E-state index contributed by atoms with van der Waals surface area (Å²) < 4.78 is 2.13. The summed E-state index contributed by atoms with van der Waals surface area (Å²) >= 11 is 0. The van der Waals surface area contributed by atoms with Crippen LogP contribution in [0.15, 0.2) is 48.5 Å². The molecule has 2 aromatic carbocycles. The number of aryl methyl sites for hydroxylation is 1. The van der Waals surface area contributed by atoms with Crippen LogP contribution in [0.5, 0.6) is 0 Å². The van der Waals surface area contributed by atoms with Gasteiger partial charge in [0.1, 0.15) is 5.82 Å². The van der Waals surface area contributed by atoms with Crippen molar-refractivity contribution in [1.29, 1.82) is 0 Å². The first-order valence-corrected chi connectivity index (χ1v) is 9.71. The van der Waals surface area contributed by atoms with Crippen LogP contribution in [-0.2, 0) is 0 Å². The standard InChI is InChI=1S/C22H24N4O.ClH/c1-14-24-20-11-15(8-10-21(20)26(14)17-5-3-2-4-6-17)22(27)25-12-16-7-9-19(23)18(16)13-25;/h2-6,8,10-11,16,18-19H,7,9,12-13,23H2,1H3;1H. The van der Waals surface area contributed by atoms with Crippen LogP contribution in [0.2, 0.25) is 0 Å². The highest BCUT2D eigenvalue weighted by atomic mass is 35.5. The van der Waals surface area contributed by atoms with E-state index in [2.05, 4.69) is 16.7 Å². The molecule has 3 atom stereocenters. The van der Waals surface area contributed by atoms with Crippen LogP contribution < -0.4 is 5.73 Å². The largest absolute Gasteiger partial charge is 0.338 e. The predicted octanol–water partition coefficient (Wildman–Crippen LogP) is 3.57. The molecule has 1 saturated carbocycles. The zero-order valence-electron chi connectivity index (χ0n) is 15.9. The van der Waals surface area contributed by atoms with Gasteiger partial charge < -0.3 is 10.6 Å². The number of para-hydroxylation sites is 1. The topological polar surface area (TPSA) is 64.2 Å². The van der Waals surface area contributed by atoms with Crippen LogP contribution in [-0.4, -0.2) is 39.5 Å². The van der Waals surface area contributed by atoms with Gasteiger partial charge in [0.25, 0.3) is 5.91 Å². The summed E-state index contributed by atoms with van der Waals surface area (Å²) in [5.74, 6) is 2.07. The molecule has 28 heavy (non-hydrogen) atoms. The average Bonchev–Trinajstić information content (AvgIpc) is 3.35. The van der Waals surface area contributed by atoms with E-state index in [1.807, 2.05) is 48.2 Å². The van der Waals surface area contributed by atoms with Gasteiger partial charge in [-0.2, -0.15) is 0 Å². The van der Waals surface area contributed by atoms with E-state index in [-0.39, 0.29) is 24.4 Å². The Balaban J connectivity index is 0.00000192. The third-order valence-corrected chi connectivity index (χ3v) is 6.28. The number of halogens is 1. The monoisotopic (exact) mass is 396 g/mol. The minimum absolute atomic E-state index is 0. The molecular formula is C22H25ClN4O. The molecule has 0 spiro atoms. The van der Waals surface area contributed by atoms with E-state index in [0.29, 0.717) is 17.4 Å². The van der Waals surface area contributed by atoms with Crippen molar-refractivity contribution >= 4 is 29.3 Å². The molecule has 3 aromatic rings. The molecule has 1 aliphatic carbocycles. The second-order valence-corrected chi connectivity index (χ2v) is 7.91. The first kappa shape index (κ1) is 19.0. The van der Waals surface area contributed by atoms with E-state index in [1.54, 1.807) is 0 Å². The number of fused-ring (bicyclic) bond motifs is 2. The molecule has 1 aliphatic heterocycles. The summed E-state index contributed by atoms with van der Waals surface area (Å²) in [6, 6.07) is 16.3. The van der Waals surface area contributed by atoms with E-state index < -0.39 is 0 Å². The number of carbonyl (C=O) groups excluding carboxylic acids is 1. The third kappa shape index (κ3) is 2.99. The molecule has 1 saturated heterocycles. The number of nitrogens with two attached hydrogens (primary N) is 1. The van der Waals surface area contributed by atoms with Crippen LogP contribution in [0.25, 0.3) is 16.7 Å². The fourth-order valence-electron chi connectivity index (χ4n) is 4.89. The molecule has 1 amide bonds. The Morgan fingerprint density at radius 2 is 1.89 bits per heavy atom. The number of rotatable bonds is 2. The highest BCUT2D eigenvalue weighted by Crippen LogP contribution is 2.37. The molecule has 2 fully saturated rings. The van der Waals surface area contributed by atoms with Crippen molar-refractivity contribution in [2.24, 2.45) is 17.6 Å². The lowest BCUT2D eigenvalue weighted by atomic mass is 9.98. The van der Waals surface area contributed by atoms with Crippen LogP contribution in [0.3, 0.4) is 0 Å². The molecule has 0 bridgehead atoms. The minimum Gasteiger partial charge on any atom is -0.338 e. The van der Waals surface area contributed by atoms with E-state index in [1.165, 1.54) is 0 Å². The molecule has 2 heterocycles. The summed E-state index contributed by atoms with van der Waals surface area (Å²) in [4.78, 5) is 19.7. The van der Waals surface area contributed by atoms with E-state index in [9.17, 15) is 4.79 Å². The number of hydrogen-bond acceptors (Lipinski definition) is 3. The van der Waals surface area contributed by atoms with Gasteiger partial charge in [-0.05, 0) is 61.9 Å². The number of benzene rings is 2. The summed E-state index contributed by atoms with van der Waals surface area (Å²) in [5.41, 5.74) is 9.90. The van der Waals surface area contributed by atoms with Crippen LogP contribution in [0, 0.1) is 18.8 Å². The Morgan fingerprint density at radius 1 is 1.11 bits per heavy atom. The lowest BCUT2D eigenvalue weighted by molar-refractivity contribution is 0.0779. The molecule has 1 aromatic heterocycles. The lowest BCUT2D eigenvalue weighted by Gasteiger charge is -2.19. The van der Waals surface area contributed by atoms with Gasteiger partial charge in [0, 0.05) is 30.4 Å². The van der Waals surface area contributed by atoms with Crippen molar-refractivity contribution in [3.8, 4) is 5.69 Å². The SMILES string of the molecule is Cc1nc2cc(C(=O)N3CC4CCC(N)C4C3)ccc2n1-c1ccccc1.Cl. The Labute approximate surface area is 170 Å². The van der Waals surface area contributed by atoms with Gasteiger partial charge in [-0.1, -0.05) is 18.2 Å². The first-order chi connectivity index (χ1) is 13.1. The van der Waals surface area contributed by atoms with Gasteiger partial charge in [-0.3, -0.25) is 9.36 Å². The normalized spacial score (nSPS) is 23.6.